The van der Waals surface area contributed by atoms with E-state index in [4.69, 9.17) is 4.74 Å². The van der Waals surface area contributed by atoms with E-state index >= 15 is 0 Å². The van der Waals surface area contributed by atoms with Crippen molar-refractivity contribution in [1.29, 1.82) is 0 Å². The van der Waals surface area contributed by atoms with Crippen molar-refractivity contribution in [2.45, 2.75) is 57.1 Å². The maximum Gasteiger partial charge on any atom is 0.241 e. The largest absolute Gasteiger partial charge is 0.490 e. The first-order chi connectivity index (χ1) is 10.3. The first kappa shape index (κ1) is 14.4. The van der Waals surface area contributed by atoms with E-state index in [1.54, 1.807) is 0 Å². The Morgan fingerprint density at radius 3 is 2.71 bits per heavy atom. The zero-order valence-electron chi connectivity index (χ0n) is 12.4. The predicted octanol–water partition coefficient (Wildman–Crippen LogP) is 3.09. The lowest BCUT2D eigenvalue weighted by Crippen LogP contribution is -2.43. The van der Waals surface area contributed by atoms with Crippen molar-refractivity contribution in [3.63, 3.8) is 0 Å². The number of carbonyl (C=O) groups is 1. The van der Waals surface area contributed by atoms with Crippen LogP contribution in [0.3, 0.4) is 0 Å². The van der Waals surface area contributed by atoms with Gasteiger partial charge in [0.05, 0.1) is 12.1 Å². The molecule has 4 heteroatoms. The molecular weight excluding hydrogens is 264 g/mol. The third kappa shape index (κ3) is 3.97. The lowest BCUT2D eigenvalue weighted by molar-refractivity contribution is -0.118. The third-order valence-corrected chi connectivity index (χ3v) is 4.33. The van der Waals surface area contributed by atoms with Gasteiger partial charge in [0.2, 0.25) is 5.91 Å². The van der Waals surface area contributed by atoms with E-state index < -0.39 is 0 Å². The number of amides is 1. The van der Waals surface area contributed by atoms with Gasteiger partial charge in [0, 0.05) is 11.8 Å². The zero-order chi connectivity index (χ0) is 14.5. The number of anilines is 1. The van der Waals surface area contributed by atoms with Crippen LogP contribution in [0.5, 0.6) is 5.75 Å². The molecule has 1 amide bonds. The van der Waals surface area contributed by atoms with Gasteiger partial charge in [-0.2, -0.15) is 0 Å². The number of hydrogen-bond donors (Lipinski definition) is 2. The van der Waals surface area contributed by atoms with Crippen LogP contribution in [-0.4, -0.2) is 24.6 Å². The molecule has 1 unspecified atom stereocenters. The van der Waals surface area contributed by atoms with E-state index in [9.17, 15) is 4.79 Å². The predicted molar refractivity (Wildman–Crippen MR) is 83.6 cm³/mol. The lowest BCUT2D eigenvalue weighted by atomic mass is 10.0. The van der Waals surface area contributed by atoms with Gasteiger partial charge in [0.25, 0.3) is 0 Å². The first-order valence-electron chi connectivity index (χ1n) is 8.12. The molecule has 0 spiro atoms. The molecule has 1 saturated heterocycles. The molecule has 4 nitrogen and oxygen atoms in total. The second-order valence-corrected chi connectivity index (χ2v) is 6.04. The van der Waals surface area contributed by atoms with Crippen molar-refractivity contribution in [2.24, 2.45) is 0 Å². The fourth-order valence-corrected chi connectivity index (χ4v) is 3.15. The van der Waals surface area contributed by atoms with Gasteiger partial charge in [-0.15, -0.1) is 0 Å². The quantitative estimate of drug-likeness (QED) is 0.895. The zero-order valence-corrected chi connectivity index (χ0v) is 12.4. The Morgan fingerprint density at radius 2 is 1.95 bits per heavy atom. The summed E-state index contributed by atoms with van der Waals surface area (Å²) >= 11 is 0. The summed E-state index contributed by atoms with van der Waals surface area (Å²) in [6, 6.07) is 7.70. The van der Waals surface area contributed by atoms with Crippen molar-refractivity contribution >= 4 is 11.6 Å². The van der Waals surface area contributed by atoms with Crippen LogP contribution in [0, 0.1) is 0 Å². The third-order valence-electron chi connectivity index (χ3n) is 4.33. The van der Waals surface area contributed by atoms with Gasteiger partial charge in [-0.3, -0.25) is 4.79 Å². The molecule has 114 valence electrons. The number of nitrogens with one attached hydrogen (secondary N) is 2. The highest BCUT2D eigenvalue weighted by atomic mass is 16.5. The maximum absolute atomic E-state index is 12.2. The van der Waals surface area contributed by atoms with Gasteiger partial charge >= 0.3 is 0 Å². The number of hydrogen-bond acceptors (Lipinski definition) is 3. The minimum atomic E-state index is -0.0573. The summed E-state index contributed by atoms with van der Waals surface area (Å²) in [6.07, 6.45) is 8.35. The Bertz CT molecular complexity index is 477. The highest BCUT2D eigenvalue weighted by molar-refractivity contribution is 5.95. The molecular formula is C17H24N2O2. The maximum atomic E-state index is 12.2. The summed E-state index contributed by atoms with van der Waals surface area (Å²) < 4.78 is 5.98. The lowest BCUT2D eigenvalue weighted by Gasteiger charge is -2.22. The van der Waals surface area contributed by atoms with Gasteiger partial charge in [-0.25, -0.2) is 0 Å². The molecule has 1 aromatic carbocycles. The molecule has 1 saturated carbocycles. The van der Waals surface area contributed by atoms with E-state index in [2.05, 4.69) is 10.6 Å². The minimum absolute atomic E-state index is 0.0573. The molecule has 21 heavy (non-hydrogen) atoms. The Hall–Kier alpha value is -1.55. The molecule has 0 aromatic heterocycles. The number of rotatable bonds is 4. The SMILES string of the molecule is O=C(Nc1cccc(OC2CCCC2)c1)C1CCCCN1. The van der Waals surface area contributed by atoms with Crippen molar-refractivity contribution in [3.8, 4) is 5.75 Å². The number of piperidine rings is 1. The number of benzene rings is 1. The van der Waals surface area contributed by atoms with Crippen molar-refractivity contribution in [3.05, 3.63) is 24.3 Å². The van der Waals surface area contributed by atoms with Gasteiger partial charge in [0.1, 0.15) is 5.75 Å². The van der Waals surface area contributed by atoms with Crippen molar-refractivity contribution < 1.29 is 9.53 Å². The molecule has 2 aliphatic rings. The fraction of sp³-hybridized carbons (Fsp3) is 0.588. The standard InChI is InChI=1S/C17H24N2O2/c20-17(16-10-3-4-11-18-16)19-13-6-5-9-15(12-13)21-14-7-1-2-8-14/h5-6,9,12,14,16,18H,1-4,7-8,10-11H2,(H,19,20). The molecule has 1 heterocycles. The van der Waals surface area contributed by atoms with Crippen LogP contribution in [0.1, 0.15) is 44.9 Å². The number of carbonyl (C=O) groups excluding carboxylic acids is 1. The average molecular weight is 288 g/mol. The van der Waals surface area contributed by atoms with E-state index in [-0.39, 0.29) is 11.9 Å². The van der Waals surface area contributed by atoms with E-state index in [0.717, 1.165) is 50.1 Å². The Kier molecular flexibility index (Phi) is 4.76. The summed E-state index contributed by atoms with van der Waals surface area (Å²) in [7, 11) is 0. The summed E-state index contributed by atoms with van der Waals surface area (Å²) in [4.78, 5) is 12.2. The monoisotopic (exact) mass is 288 g/mol. The summed E-state index contributed by atoms with van der Waals surface area (Å²) in [6.45, 7) is 0.933. The first-order valence-corrected chi connectivity index (χ1v) is 8.12. The van der Waals surface area contributed by atoms with Crippen LogP contribution in [-0.2, 0) is 4.79 Å². The van der Waals surface area contributed by atoms with Crippen LogP contribution >= 0.6 is 0 Å². The molecule has 0 radical (unpaired) electrons. The fourth-order valence-electron chi connectivity index (χ4n) is 3.15. The second-order valence-electron chi connectivity index (χ2n) is 6.04. The second kappa shape index (κ2) is 6.94. The smallest absolute Gasteiger partial charge is 0.241 e. The molecule has 1 aromatic rings. The molecule has 1 atom stereocenters. The Balaban J connectivity index is 1.58. The summed E-state index contributed by atoms with van der Waals surface area (Å²) in [5, 5.41) is 6.26. The Labute approximate surface area is 126 Å². The molecule has 1 aliphatic carbocycles. The van der Waals surface area contributed by atoms with Crippen molar-refractivity contribution in [1.82, 2.24) is 5.32 Å². The normalized spacial score (nSPS) is 23.0. The van der Waals surface area contributed by atoms with Crippen LogP contribution in [0.15, 0.2) is 24.3 Å². The minimum Gasteiger partial charge on any atom is -0.490 e. The average Bonchev–Trinajstić information content (AvgIpc) is 3.01. The molecule has 0 bridgehead atoms. The molecule has 1 aliphatic heterocycles. The van der Waals surface area contributed by atoms with Gasteiger partial charge in [-0.05, 0) is 57.2 Å². The van der Waals surface area contributed by atoms with Gasteiger partial charge in [0.15, 0.2) is 0 Å². The number of ether oxygens (including phenoxy) is 1. The van der Waals surface area contributed by atoms with Gasteiger partial charge in [-0.1, -0.05) is 12.5 Å². The van der Waals surface area contributed by atoms with Crippen molar-refractivity contribution in [2.75, 3.05) is 11.9 Å². The molecule has 3 rings (SSSR count). The Morgan fingerprint density at radius 1 is 1.14 bits per heavy atom. The van der Waals surface area contributed by atoms with Crippen LogP contribution in [0.2, 0.25) is 0 Å². The summed E-state index contributed by atoms with van der Waals surface area (Å²) in [5.74, 6) is 0.920. The highest BCUT2D eigenvalue weighted by Gasteiger charge is 2.21. The van der Waals surface area contributed by atoms with Crippen LogP contribution in [0.4, 0.5) is 5.69 Å². The molecule has 2 N–H and O–H groups in total. The summed E-state index contributed by atoms with van der Waals surface area (Å²) in [5.41, 5.74) is 0.822. The van der Waals surface area contributed by atoms with Gasteiger partial charge < -0.3 is 15.4 Å². The van der Waals surface area contributed by atoms with Crippen LogP contribution < -0.4 is 15.4 Å². The van der Waals surface area contributed by atoms with E-state index in [0.29, 0.717) is 6.10 Å². The highest BCUT2D eigenvalue weighted by Crippen LogP contribution is 2.26. The topological polar surface area (TPSA) is 50.4 Å². The molecule has 2 fully saturated rings. The van der Waals surface area contributed by atoms with E-state index in [1.165, 1.54) is 12.8 Å². The van der Waals surface area contributed by atoms with E-state index in [1.807, 2.05) is 24.3 Å². The van der Waals surface area contributed by atoms with Crippen LogP contribution in [0.25, 0.3) is 0 Å².